The van der Waals surface area contributed by atoms with Crippen LogP contribution in [0, 0.1) is 6.92 Å². The number of hydrogen-bond donors (Lipinski definition) is 1. The molecule has 0 spiro atoms. The monoisotopic (exact) mass is 351 g/mol. The molecular weight excluding hydrogens is 334 g/mol. The molecule has 0 radical (unpaired) electrons. The average molecular weight is 351 g/mol. The van der Waals surface area contributed by atoms with Crippen molar-refractivity contribution in [1.82, 2.24) is 0 Å². The molecule has 6 nitrogen and oxygen atoms in total. The van der Waals surface area contributed by atoms with Crippen LogP contribution in [0.25, 0.3) is 22.3 Å². The summed E-state index contributed by atoms with van der Waals surface area (Å²) in [5, 5.41) is 0.267. The zero-order chi connectivity index (χ0) is 18.8. The van der Waals surface area contributed by atoms with Crippen molar-refractivity contribution >= 4 is 22.8 Å². The Balaban J connectivity index is 2.20. The molecule has 0 aliphatic rings. The van der Waals surface area contributed by atoms with E-state index in [1.165, 1.54) is 13.0 Å². The average Bonchev–Trinajstić information content (AvgIpc) is 2.64. The second-order valence-corrected chi connectivity index (χ2v) is 5.88. The first-order valence-electron chi connectivity index (χ1n) is 8.02. The highest BCUT2D eigenvalue weighted by Gasteiger charge is 2.22. The van der Waals surface area contributed by atoms with Crippen LogP contribution in [0.1, 0.15) is 22.8 Å². The number of hydrogen-bond acceptors (Lipinski definition) is 5. The van der Waals surface area contributed by atoms with E-state index in [1.54, 1.807) is 19.1 Å². The molecule has 2 aromatic carbocycles. The molecule has 2 N–H and O–H groups in total. The summed E-state index contributed by atoms with van der Waals surface area (Å²) in [5.41, 5.74) is 6.23. The fourth-order valence-corrected chi connectivity index (χ4v) is 2.62. The largest absolute Gasteiger partial charge is 0.455 e. The number of rotatable bonds is 4. The fourth-order valence-electron chi connectivity index (χ4n) is 2.62. The maximum atomic E-state index is 12.7. The van der Waals surface area contributed by atoms with E-state index in [0.717, 1.165) is 5.56 Å². The number of primary amides is 1. The van der Waals surface area contributed by atoms with Gasteiger partial charge >= 0.3 is 5.97 Å². The molecule has 0 saturated heterocycles. The van der Waals surface area contributed by atoms with Crippen LogP contribution in [0.2, 0.25) is 0 Å². The van der Waals surface area contributed by atoms with Crippen LogP contribution < -0.4 is 11.2 Å². The van der Waals surface area contributed by atoms with Crippen molar-refractivity contribution < 1.29 is 18.7 Å². The Morgan fingerprint density at radius 1 is 1.08 bits per heavy atom. The quantitative estimate of drug-likeness (QED) is 0.729. The predicted octanol–water partition coefficient (Wildman–Crippen LogP) is 2.80. The van der Waals surface area contributed by atoms with Gasteiger partial charge in [-0.05, 0) is 26.0 Å². The Kier molecular flexibility index (Phi) is 4.58. The van der Waals surface area contributed by atoms with Crippen molar-refractivity contribution in [2.45, 2.75) is 20.0 Å². The summed E-state index contributed by atoms with van der Waals surface area (Å²) in [6.45, 7) is 3.05. The van der Waals surface area contributed by atoms with Gasteiger partial charge in [0, 0.05) is 11.1 Å². The van der Waals surface area contributed by atoms with Gasteiger partial charge in [-0.3, -0.25) is 9.59 Å². The van der Waals surface area contributed by atoms with Crippen molar-refractivity contribution in [1.29, 1.82) is 0 Å². The minimum Gasteiger partial charge on any atom is -0.455 e. The molecule has 0 aliphatic heterocycles. The first-order chi connectivity index (χ1) is 12.4. The molecule has 1 heterocycles. The van der Waals surface area contributed by atoms with Crippen molar-refractivity contribution in [3.05, 3.63) is 69.9 Å². The summed E-state index contributed by atoms with van der Waals surface area (Å²) in [5.74, 6) is -1.17. The molecule has 26 heavy (non-hydrogen) atoms. The van der Waals surface area contributed by atoms with E-state index >= 15 is 0 Å². The zero-order valence-corrected chi connectivity index (χ0v) is 14.3. The van der Waals surface area contributed by atoms with Gasteiger partial charge in [0.1, 0.15) is 11.3 Å². The van der Waals surface area contributed by atoms with Crippen LogP contribution in [0.4, 0.5) is 0 Å². The first kappa shape index (κ1) is 17.4. The number of nitrogens with two attached hydrogens (primary N) is 1. The zero-order valence-electron chi connectivity index (χ0n) is 14.3. The predicted molar refractivity (Wildman–Crippen MR) is 96.7 cm³/mol. The van der Waals surface area contributed by atoms with Crippen molar-refractivity contribution in [2.75, 3.05) is 0 Å². The lowest BCUT2D eigenvalue weighted by molar-refractivity contribution is -0.125. The molecule has 3 aromatic rings. The molecule has 1 amide bonds. The Bertz CT molecular complexity index is 1050. The van der Waals surface area contributed by atoms with E-state index in [-0.39, 0.29) is 22.0 Å². The minimum atomic E-state index is -1.09. The van der Waals surface area contributed by atoms with E-state index in [2.05, 4.69) is 0 Å². The number of benzene rings is 2. The first-order valence-corrected chi connectivity index (χ1v) is 8.02. The van der Waals surface area contributed by atoms with Crippen molar-refractivity contribution in [3.63, 3.8) is 0 Å². The number of para-hydroxylation sites is 1. The number of ether oxygens (including phenoxy) is 1. The van der Waals surface area contributed by atoms with Crippen molar-refractivity contribution in [3.8, 4) is 11.3 Å². The van der Waals surface area contributed by atoms with Crippen LogP contribution in [0.3, 0.4) is 0 Å². The third-order valence-electron chi connectivity index (χ3n) is 4.09. The summed E-state index contributed by atoms with van der Waals surface area (Å²) in [4.78, 5) is 36.3. The third kappa shape index (κ3) is 3.09. The van der Waals surface area contributed by atoms with E-state index < -0.39 is 18.0 Å². The third-order valence-corrected chi connectivity index (χ3v) is 4.09. The highest BCUT2D eigenvalue weighted by Crippen LogP contribution is 2.27. The van der Waals surface area contributed by atoms with Gasteiger partial charge in [0.15, 0.2) is 17.1 Å². The fraction of sp³-hybridized carbons (Fsp3) is 0.150. The van der Waals surface area contributed by atoms with E-state index in [9.17, 15) is 14.4 Å². The van der Waals surface area contributed by atoms with Crippen LogP contribution in [-0.4, -0.2) is 18.0 Å². The standard InChI is InChI=1S/C20H17NO5/c1-11-16(22)14-9-6-10-15(20(24)25-12(2)19(21)23)18(14)26-17(11)13-7-4-3-5-8-13/h3-10,12H,1-2H3,(H2,21,23). The van der Waals surface area contributed by atoms with E-state index in [4.69, 9.17) is 14.9 Å². The minimum absolute atomic E-state index is 0.0601. The molecule has 0 bridgehead atoms. The molecule has 1 unspecified atom stereocenters. The van der Waals surface area contributed by atoms with Crippen LogP contribution in [0.15, 0.2) is 57.7 Å². The lowest BCUT2D eigenvalue weighted by Crippen LogP contribution is -2.30. The van der Waals surface area contributed by atoms with Crippen LogP contribution in [0.5, 0.6) is 0 Å². The Labute approximate surface area is 149 Å². The molecule has 0 aliphatic carbocycles. The van der Waals surface area contributed by atoms with Gasteiger partial charge in [-0.1, -0.05) is 36.4 Å². The number of amides is 1. The molecule has 0 fully saturated rings. The summed E-state index contributed by atoms with van der Waals surface area (Å²) in [6, 6.07) is 13.8. The molecule has 1 aromatic heterocycles. The van der Waals surface area contributed by atoms with E-state index in [0.29, 0.717) is 11.3 Å². The summed E-state index contributed by atoms with van der Waals surface area (Å²) in [6.07, 6.45) is -1.09. The molecule has 6 heteroatoms. The maximum absolute atomic E-state index is 12.7. The second kappa shape index (κ2) is 6.84. The molecule has 132 valence electrons. The van der Waals surface area contributed by atoms with Gasteiger partial charge in [0.2, 0.25) is 0 Å². The summed E-state index contributed by atoms with van der Waals surface area (Å²) < 4.78 is 11.0. The number of fused-ring (bicyclic) bond motifs is 1. The Hall–Kier alpha value is -3.41. The van der Waals surface area contributed by atoms with Gasteiger partial charge in [-0.15, -0.1) is 0 Å². The van der Waals surface area contributed by atoms with Gasteiger partial charge < -0.3 is 14.9 Å². The van der Waals surface area contributed by atoms with Gasteiger partial charge in [-0.2, -0.15) is 0 Å². The number of carbonyl (C=O) groups is 2. The molecule has 3 rings (SSSR count). The second-order valence-electron chi connectivity index (χ2n) is 5.88. The van der Waals surface area contributed by atoms with Gasteiger partial charge in [0.05, 0.1) is 5.39 Å². The number of esters is 1. The van der Waals surface area contributed by atoms with Crippen molar-refractivity contribution in [2.24, 2.45) is 5.73 Å². The molecule has 0 saturated carbocycles. The smallest absolute Gasteiger partial charge is 0.342 e. The Morgan fingerprint density at radius 2 is 1.77 bits per heavy atom. The maximum Gasteiger partial charge on any atom is 0.342 e. The lowest BCUT2D eigenvalue weighted by atomic mass is 10.0. The summed E-state index contributed by atoms with van der Waals surface area (Å²) in [7, 11) is 0. The van der Waals surface area contributed by atoms with E-state index in [1.807, 2.05) is 30.3 Å². The van der Waals surface area contributed by atoms with Crippen LogP contribution >= 0.6 is 0 Å². The topological polar surface area (TPSA) is 99.6 Å². The lowest BCUT2D eigenvalue weighted by Gasteiger charge is -2.12. The molecule has 1 atom stereocenters. The highest BCUT2D eigenvalue weighted by molar-refractivity contribution is 6.03. The Morgan fingerprint density at radius 3 is 2.42 bits per heavy atom. The SMILES string of the molecule is Cc1c(-c2ccccc2)oc2c(C(=O)OC(C)C(N)=O)cccc2c1=O. The highest BCUT2D eigenvalue weighted by atomic mass is 16.5. The van der Waals surface area contributed by atoms with Crippen LogP contribution in [-0.2, 0) is 9.53 Å². The normalized spacial score (nSPS) is 11.9. The summed E-state index contributed by atoms with van der Waals surface area (Å²) >= 11 is 0. The number of carbonyl (C=O) groups excluding carboxylic acids is 2. The molecular formula is C20H17NO5. The van der Waals surface area contributed by atoms with Gasteiger partial charge in [0.25, 0.3) is 5.91 Å². The van der Waals surface area contributed by atoms with Gasteiger partial charge in [-0.25, -0.2) is 4.79 Å².